The van der Waals surface area contributed by atoms with Crippen molar-refractivity contribution in [1.29, 1.82) is 0 Å². The number of hydrogen-bond acceptors (Lipinski definition) is 4. The van der Waals surface area contributed by atoms with Gasteiger partial charge in [-0.25, -0.2) is 0 Å². The highest BCUT2D eigenvalue weighted by atomic mass is 16.3. The molecule has 0 aromatic carbocycles. The number of rotatable bonds is 44. The SMILES string of the molecule is CCCCCC/C=C/CC/C=C/C(O)C(CO)NC(=O)CC(O)CCCCCCCCCCCCCCCCCCCCCCCCCCCCCCC. The summed E-state index contributed by atoms with van der Waals surface area (Å²) in [7, 11) is 0. The third-order valence-corrected chi connectivity index (χ3v) is 11.2. The molecule has 0 aromatic rings. The van der Waals surface area contributed by atoms with Gasteiger partial charge in [0.1, 0.15) is 0 Å². The molecule has 1 amide bonds. The monoisotopic (exact) mass is 762 g/mol. The summed E-state index contributed by atoms with van der Waals surface area (Å²) in [5.41, 5.74) is 0. The highest BCUT2D eigenvalue weighted by Crippen LogP contribution is 2.17. The maximum absolute atomic E-state index is 12.4. The minimum atomic E-state index is -0.947. The second-order valence-electron chi connectivity index (χ2n) is 16.7. The highest BCUT2D eigenvalue weighted by Gasteiger charge is 2.20. The molecule has 3 unspecified atom stereocenters. The number of amides is 1. The van der Waals surface area contributed by atoms with Crippen LogP contribution in [0.2, 0.25) is 0 Å². The van der Waals surface area contributed by atoms with E-state index in [1.165, 1.54) is 199 Å². The van der Waals surface area contributed by atoms with Gasteiger partial charge >= 0.3 is 0 Å². The minimum absolute atomic E-state index is 0.00945. The molecule has 0 aliphatic rings. The summed E-state index contributed by atoms with van der Waals surface area (Å²) < 4.78 is 0. The molecule has 5 nitrogen and oxygen atoms in total. The molecule has 0 fully saturated rings. The number of carbonyl (C=O) groups is 1. The zero-order valence-electron chi connectivity index (χ0n) is 36.4. The van der Waals surface area contributed by atoms with Crippen LogP contribution in [-0.4, -0.2) is 46.1 Å². The molecule has 0 spiro atoms. The maximum Gasteiger partial charge on any atom is 0.222 e. The lowest BCUT2D eigenvalue weighted by Crippen LogP contribution is -2.45. The number of aliphatic hydroxyl groups excluding tert-OH is 3. The van der Waals surface area contributed by atoms with E-state index < -0.39 is 18.2 Å². The summed E-state index contributed by atoms with van der Waals surface area (Å²) >= 11 is 0. The molecule has 0 saturated carbocycles. The fourth-order valence-electron chi connectivity index (χ4n) is 7.53. The van der Waals surface area contributed by atoms with Crippen molar-refractivity contribution in [1.82, 2.24) is 5.32 Å². The first-order valence-corrected chi connectivity index (χ1v) is 24.1. The van der Waals surface area contributed by atoms with Crippen LogP contribution in [0.25, 0.3) is 0 Å². The third-order valence-electron chi connectivity index (χ3n) is 11.2. The van der Waals surface area contributed by atoms with Gasteiger partial charge < -0.3 is 20.6 Å². The van der Waals surface area contributed by atoms with Gasteiger partial charge in [-0.05, 0) is 32.1 Å². The maximum atomic E-state index is 12.4. The van der Waals surface area contributed by atoms with Gasteiger partial charge in [0.2, 0.25) is 5.91 Å². The van der Waals surface area contributed by atoms with Crippen molar-refractivity contribution in [2.45, 2.75) is 276 Å². The van der Waals surface area contributed by atoms with E-state index in [4.69, 9.17) is 0 Å². The summed E-state index contributed by atoms with van der Waals surface area (Å²) in [5, 5.41) is 33.1. The van der Waals surface area contributed by atoms with Crippen molar-refractivity contribution in [3.8, 4) is 0 Å². The van der Waals surface area contributed by atoms with Crippen LogP contribution in [0.4, 0.5) is 0 Å². The molecule has 0 rings (SSSR count). The van der Waals surface area contributed by atoms with Gasteiger partial charge in [-0.1, -0.05) is 244 Å². The zero-order chi connectivity index (χ0) is 39.4. The number of allylic oxidation sites excluding steroid dienone is 3. The lowest BCUT2D eigenvalue weighted by atomic mass is 10.0. The van der Waals surface area contributed by atoms with Gasteiger partial charge in [0, 0.05) is 0 Å². The van der Waals surface area contributed by atoms with Crippen molar-refractivity contribution in [2.75, 3.05) is 6.61 Å². The number of hydrogen-bond donors (Lipinski definition) is 4. The Morgan fingerprint density at radius 2 is 0.796 bits per heavy atom. The Bertz CT molecular complexity index is 799. The summed E-state index contributed by atoms with van der Waals surface area (Å²) in [4.78, 5) is 12.4. The average Bonchev–Trinajstić information content (AvgIpc) is 3.16. The van der Waals surface area contributed by atoms with Crippen LogP contribution in [0.3, 0.4) is 0 Å². The smallest absolute Gasteiger partial charge is 0.222 e. The Hall–Kier alpha value is -1.17. The van der Waals surface area contributed by atoms with Crippen LogP contribution >= 0.6 is 0 Å². The van der Waals surface area contributed by atoms with Crippen LogP contribution in [0.5, 0.6) is 0 Å². The van der Waals surface area contributed by atoms with Crippen molar-refractivity contribution in [3.63, 3.8) is 0 Å². The van der Waals surface area contributed by atoms with Gasteiger partial charge in [-0.2, -0.15) is 0 Å². The highest BCUT2D eigenvalue weighted by molar-refractivity contribution is 5.76. The lowest BCUT2D eigenvalue weighted by molar-refractivity contribution is -0.124. The Balaban J connectivity index is 3.48. The fourth-order valence-corrected chi connectivity index (χ4v) is 7.53. The van der Waals surface area contributed by atoms with E-state index in [1.807, 2.05) is 6.08 Å². The van der Waals surface area contributed by atoms with Crippen molar-refractivity contribution < 1.29 is 20.1 Å². The second kappa shape index (κ2) is 44.5. The summed E-state index contributed by atoms with van der Waals surface area (Å²) in [6.07, 6.45) is 55.1. The fraction of sp³-hybridized carbons (Fsp3) is 0.898. The topological polar surface area (TPSA) is 89.8 Å². The average molecular weight is 762 g/mol. The quantitative estimate of drug-likeness (QED) is 0.0368. The first-order chi connectivity index (χ1) is 26.5. The van der Waals surface area contributed by atoms with E-state index in [0.717, 1.165) is 32.1 Å². The van der Waals surface area contributed by atoms with Crippen LogP contribution in [0.1, 0.15) is 258 Å². The van der Waals surface area contributed by atoms with Crippen LogP contribution in [-0.2, 0) is 4.79 Å². The molecule has 320 valence electrons. The van der Waals surface area contributed by atoms with Gasteiger partial charge in [0.25, 0.3) is 0 Å². The van der Waals surface area contributed by atoms with Crippen LogP contribution < -0.4 is 5.32 Å². The second-order valence-corrected chi connectivity index (χ2v) is 16.7. The Morgan fingerprint density at radius 1 is 0.463 bits per heavy atom. The Kier molecular flexibility index (Phi) is 43.6. The molecule has 0 saturated heterocycles. The molecule has 5 heteroatoms. The molecule has 0 aliphatic carbocycles. The van der Waals surface area contributed by atoms with E-state index in [-0.39, 0.29) is 18.9 Å². The molecule has 4 N–H and O–H groups in total. The molecule has 0 aliphatic heterocycles. The Labute approximate surface area is 337 Å². The van der Waals surface area contributed by atoms with E-state index in [9.17, 15) is 20.1 Å². The third kappa shape index (κ3) is 40.5. The predicted molar refractivity (Wildman–Crippen MR) is 236 cm³/mol. The largest absolute Gasteiger partial charge is 0.394 e. The van der Waals surface area contributed by atoms with Crippen molar-refractivity contribution >= 4 is 5.91 Å². The van der Waals surface area contributed by atoms with E-state index >= 15 is 0 Å². The van der Waals surface area contributed by atoms with Crippen LogP contribution in [0.15, 0.2) is 24.3 Å². The Morgan fingerprint density at radius 3 is 1.19 bits per heavy atom. The van der Waals surface area contributed by atoms with Crippen LogP contribution in [0, 0.1) is 0 Å². The first kappa shape index (κ1) is 52.8. The van der Waals surface area contributed by atoms with Crippen molar-refractivity contribution in [2.24, 2.45) is 0 Å². The van der Waals surface area contributed by atoms with Gasteiger partial charge in [-0.3, -0.25) is 4.79 Å². The number of nitrogens with one attached hydrogen (secondary N) is 1. The molecule has 0 bridgehead atoms. The van der Waals surface area contributed by atoms with Gasteiger partial charge in [0.15, 0.2) is 0 Å². The zero-order valence-corrected chi connectivity index (χ0v) is 36.4. The molecule has 0 radical (unpaired) electrons. The van der Waals surface area contributed by atoms with E-state index in [1.54, 1.807) is 6.08 Å². The van der Waals surface area contributed by atoms with E-state index in [0.29, 0.717) is 6.42 Å². The summed E-state index contributed by atoms with van der Waals surface area (Å²) in [6.45, 7) is 4.18. The molecule has 3 atom stereocenters. The molecule has 0 aromatic heterocycles. The van der Waals surface area contributed by atoms with Crippen molar-refractivity contribution in [3.05, 3.63) is 24.3 Å². The van der Waals surface area contributed by atoms with Gasteiger partial charge in [0.05, 0.1) is 31.3 Å². The summed E-state index contributed by atoms with van der Waals surface area (Å²) in [6, 6.07) is -0.756. The molecular weight excluding hydrogens is 667 g/mol. The molecular formula is C49H95NO4. The lowest BCUT2D eigenvalue weighted by Gasteiger charge is -2.21. The predicted octanol–water partition coefficient (Wildman–Crippen LogP) is 14.2. The summed E-state index contributed by atoms with van der Waals surface area (Å²) in [5.74, 6) is -0.324. The number of unbranched alkanes of at least 4 members (excludes halogenated alkanes) is 33. The normalized spacial score (nSPS) is 13.6. The first-order valence-electron chi connectivity index (χ1n) is 24.1. The van der Waals surface area contributed by atoms with E-state index in [2.05, 4.69) is 31.3 Å². The minimum Gasteiger partial charge on any atom is -0.394 e. The standard InChI is InChI=1S/C49H95NO4/c1-3-5-7-9-11-13-15-16-17-18-19-20-21-22-23-24-25-26-27-28-29-30-31-32-33-34-36-38-40-42-46(52)44-49(54)50-47(45-51)48(53)43-41-39-37-35-14-12-10-8-6-4-2/h14,35,41,43,46-48,51-53H,3-13,15-34,36-40,42,44-45H2,1-2H3,(H,50,54)/b35-14+,43-41+. The van der Waals surface area contributed by atoms with Gasteiger partial charge in [-0.15, -0.1) is 0 Å². The number of carbonyl (C=O) groups excluding carboxylic acids is 1. The molecule has 54 heavy (non-hydrogen) atoms. The molecule has 0 heterocycles. The number of aliphatic hydroxyl groups is 3.